The number of hydrogen-bond acceptors (Lipinski definition) is 2. The lowest BCUT2D eigenvalue weighted by Gasteiger charge is -2.14. The second-order valence-corrected chi connectivity index (χ2v) is 5.20. The van der Waals surface area contributed by atoms with Gasteiger partial charge in [-0.25, -0.2) is 17.1 Å². The molecule has 0 radical (unpaired) electrons. The predicted octanol–water partition coefficient (Wildman–Crippen LogP) is 1.22. The van der Waals surface area contributed by atoms with Gasteiger partial charge in [0.2, 0.25) is 10.0 Å². The maximum atomic E-state index is 13.1. The Hall–Kier alpha value is -0.940. The van der Waals surface area contributed by atoms with Crippen LogP contribution in [0.4, 0.5) is 4.39 Å². The first-order valence-electron chi connectivity index (χ1n) is 4.06. The van der Waals surface area contributed by atoms with E-state index in [0.29, 0.717) is 5.56 Å². The van der Waals surface area contributed by atoms with E-state index in [1.165, 1.54) is 13.1 Å². The molecule has 0 atom stereocenters. The van der Waals surface area contributed by atoms with Crippen molar-refractivity contribution in [1.82, 2.24) is 4.31 Å². The van der Waals surface area contributed by atoms with E-state index in [1.54, 1.807) is 18.2 Å². The average Bonchev–Trinajstić information content (AvgIpc) is 2.07. The van der Waals surface area contributed by atoms with Crippen LogP contribution in [0.5, 0.6) is 0 Å². The monoisotopic (exact) mass is 217 g/mol. The molecular formula is C9H12FNO2S. The number of benzene rings is 1. The van der Waals surface area contributed by atoms with Crippen molar-refractivity contribution in [3.63, 3.8) is 0 Å². The minimum atomic E-state index is -3.25. The molecule has 0 bridgehead atoms. The second kappa shape index (κ2) is 4.06. The molecular weight excluding hydrogens is 205 g/mol. The Labute approximate surface area is 83.2 Å². The quantitative estimate of drug-likeness (QED) is 0.763. The minimum Gasteiger partial charge on any atom is -0.213 e. The van der Waals surface area contributed by atoms with E-state index in [2.05, 4.69) is 0 Å². The molecule has 0 aliphatic rings. The molecule has 0 fully saturated rings. The molecule has 1 rings (SSSR count). The van der Waals surface area contributed by atoms with Crippen molar-refractivity contribution in [3.05, 3.63) is 35.6 Å². The van der Waals surface area contributed by atoms with Gasteiger partial charge in [0.1, 0.15) is 5.82 Å². The van der Waals surface area contributed by atoms with Crippen LogP contribution >= 0.6 is 0 Å². The SMILES string of the molecule is CN(Cc1ccccc1F)S(C)(=O)=O. The Balaban J connectivity index is 2.85. The lowest BCUT2D eigenvalue weighted by Crippen LogP contribution is -2.25. The third kappa shape index (κ3) is 2.78. The lowest BCUT2D eigenvalue weighted by molar-refractivity contribution is 0.461. The lowest BCUT2D eigenvalue weighted by atomic mass is 10.2. The van der Waals surface area contributed by atoms with Gasteiger partial charge >= 0.3 is 0 Å². The highest BCUT2D eigenvalue weighted by Crippen LogP contribution is 2.10. The van der Waals surface area contributed by atoms with Crippen LogP contribution in [0.3, 0.4) is 0 Å². The summed E-state index contributed by atoms with van der Waals surface area (Å²) >= 11 is 0. The molecule has 0 aliphatic heterocycles. The van der Waals surface area contributed by atoms with Crippen LogP contribution in [0.15, 0.2) is 24.3 Å². The van der Waals surface area contributed by atoms with Crippen molar-refractivity contribution in [2.75, 3.05) is 13.3 Å². The van der Waals surface area contributed by atoms with E-state index in [1.807, 2.05) is 0 Å². The van der Waals surface area contributed by atoms with Crippen LogP contribution in [0.1, 0.15) is 5.56 Å². The van der Waals surface area contributed by atoms with Crippen molar-refractivity contribution in [2.45, 2.75) is 6.54 Å². The molecule has 0 spiro atoms. The van der Waals surface area contributed by atoms with Gasteiger partial charge in [0, 0.05) is 19.2 Å². The van der Waals surface area contributed by atoms with Gasteiger partial charge in [-0.15, -0.1) is 0 Å². The molecule has 0 amide bonds. The molecule has 1 aromatic carbocycles. The van der Waals surface area contributed by atoms with Crippen LogP contribution < -0.4 is 0 Å². The Morgan fingerprint density at radius 3 is 2.43 bits per heavy atom. The van der Waals surface area contributed by atoms with Gasteiger partial charge in [-0.3, -0.25) is 0 Å². The van der Waals surface area contributed by atoms with Crippen LogP contribution in [0.2, 0.25) is 0 Å². The number of hydrogen-bond donors (Lipinski definition) is 0. The van der Waals surface area contributed by atoms with E-state index >= 15 is 0 Å². The van der Waals surface area contributed by atoms with E-state index in [0.717, 1.165) is 10.6 Å². The molecule has 3 nitrogen and oxygen atoms in total. The van der Waals surface area contributed by atoms with Gasteiger partial charge in [-0.05, 0) is 6.07 Å². The van der Waals surface area contributed by atoms with Gasteiger partial charge in [0.15, 0.2) is 0 Å². The van der Waals surface area contributed by atoms with E-state index < -0.39 is 10.0 Å². The van der Waals surface area contributed by atoms with Crippen molar-refractivity contribution >= 4 is 10.0 Å². The molecule has 0 heterocycles. The molecule has 0 unspecified atom stereocenters. The first-order valence-corrected chi connectivity index (χ1v) is 5.91. The van der Waals surface area contributed by atoms with Gasteiger partial charge in [0.25, 0.3) is 0 Å². The largest absolute Gasteiger partial charge is 0.213 e. The van der Waals surface area contributed by atoms with Crippen LogP contribution in [0.25, 0.3) is 0 Å². The first kappa shape index (κ1) is 11.1. The number of sulfonamides is 1. The molecule has 78 valence electrons. The Bertz CT molecular complexity index is 417. The van der Waals surface area contributed by atoms with E-state index in [4.69, 9.17) is 0 Å². The predicted molar refractivity (Wildman–Crippen MR) is 52.7 cm³/mol. The Morgan fingerprint density at radius 2 is 1.93 bits per heavy atom. The summed E-state index contributed by atoms with van der Waals surface area (Å²) in [7, 11) is -1.83. The molecule has 0 saturated carbocycles. The number of halogens is 1. The zero-order valence-corrected chi connectivity index (χ0v) is 8.88. The summed E-state index contributed by atoms with van der Waals surface area (Å²) in [6.07, 6.45) is 1.09. The smallest absolute Gasteiger partial charge is 0.211 e. The summed E-state index contributed by atoms with van der Waals surface area (Å²) in [5, 5.41) is 0. The third-order valence-electron chi connectivity index (χ3n) is 1.92. The summed E-state index contributed by atoms with van der Waals surface area (Å²) in [4.78, 5) is 0. The maximum absolute atomic E-state index is 13.1. The maximum Gasteiger partial charge on any atom is 0.211 e. The van der Waals surface area contributed by atoms with E-state index in [-0.39, 0.29) is 12.4 Å². The Morgan fingerprint density at radius 1 is 1.36 bits per heavy atom. The highest BCUT2D eigenvalue weighted by molar-refractivity contribution is 7.88. The molecule has 0 N–H and O–H groups in total. The van der Waals surface area contributed by atoms with Gasteiger partial charge in [-0.1, -0.05) is 18.2 Å². The minimum absolute atomic E-state index is 0.0610. The normalized spacial score (nSPS) is 12.0. The Kier molecular flexibility index (Phi) is 3.23. The zero-order valence-electron chi connectivity index (χ0n) is 8.07. The van der Waals surface area contributed by atoms with Crippen molar-refractivity contribution in [2.24, 2.45) is 0 Å². The molecule has 0 aliphatic carbocycles. The fourth-order valence-corrected chi connectivity index (χ4v) is 1.36. The standard InChI is InChI=1S/C9H12FNO2S/c1-11(14(2,12)13)7-8-5-3-4-6-9(8)10/h3-6H,7H2,1-2H3. The second-order valence-electron chi connectivity index (χ2n) is 3.11. The average molecular weight is 217 g/mol. The molecule has 14 heavy (non-hydrogen) atoms. The highest BCUT2D eigenvalue weighted by atomic mass is 32.2. The van der Waals surface area contributed by atoms with Gasteiger partial charge in [-0.2, -0.15) is 0 Å². The van der Waals surface area contributed by atoms with Crippen molar-refractivity contribution < 1.29 is 12.8 Å². The summed E-state index contributed by atoms with van der Waals surface area (Å²) in [6.45, 7) is 0.0610. The van der Waals surface area contributed by atoms with Crippen molar-refractivity contribution in [1.29, 1.82) is 0 Å². The number of rotatable bonds is 3. The summed E-state index contributed by atoms with van der Waals surface area (Å²) in [6, 6.07) is 6.12. The van der Waals surface area contributed by atoms with Crippen LogP contribution in [0, 0.1) is 5.82 Å². The fraction of sp³-hybridized carbons (Fsp3) is 0.333. The summed E-state index contributed by atoms with van der Waals surface area (Å²) < 4.78 is 36.3. The van der Waals surface area contributed by atoms with Gasteiger partial charge in [0.05, 0.1) is 6.26 Å². The van der Waals surface area contributed by atoms with Crippen molar-refractivity contribution in [3.8, 4) is 0 Å². The van der Waals surface area contributed by atoms with Gasteiger partial charge < -0.3 is 0 Å². The third-order valence-corrected chi connectivity index (χ3v) is 3.18. The molecule has 1 aromatic rings. The summed E-state index contributed by atoms with van der Waals surface area (Å²) in [5.41, 5.74) is 0.375. The zero-order chi connectivity index (χ0) is 10.8. The van der Waals surface area contributed by atoms with E-state index in [9.17, 15) is 12.8 Å². The fourth-order valence-electron chi connectivity index (χ4n) is 0.984. The molecule has 0 saturated heterocycles. The van der Waals surface area contributed by atoms with Crippen LogP contribution in [-0.4, -0.2) is 26.0 Å². The molecule has 5 heteroatoms. The topological polar surface area (TPSA) is 37.4 Å². The molecule has 0 aromatic heterocycles. The first-order chi connectivity index (χ1) is 6.41. The highest BCUT2D eigenvalue weighted by Gasteiger charge is 2.12. The summed E-state index contributed by atoms with van der Waals surface area (Å²) in [5.74, 6) is -0.386. The number of nitrogens with zero attached hydrogens (tertiary/aromatic N) is 1. The van der Waals surface area contributed by atoms with Crippen LogP contribution in [-0.2, 0) is 16.6 Å².